The molecule has 0 radical (unpaired) electrons. The summed E-state index contributed by atoms with van der Waals surface area (Å²) < 4.78 is 28.5. The molecule has 2 aromatic carbocycles. The monoisotopic (exact) mass is 281 g/mol. The predicted molar refractivity (Wildman–Crippen MR) is 70.2 cm³/mol. The molecule has 0 fully saturated rings. The third-order valence-corrected chi connectivity index (χ3v) is 2.64. The van der Waals surface area contributed by atoms with Crippen LogP contribution in [0.5, 0.6) is 17.2 Å². The third-order valence-electron chi connectivity index (χ3n) is 2.64. The van der Waals surface area contributed by atoms with Gasteiger partial charge in [-0.1, -0.05) is 18.2 Å². The zero-order valence-corrected chi connectivity index (χ0v) is 10.4. The average Bonchev–Trinajstić information content (AvgIpc) is 2.40. The average molecular weight is 281 g/mol. The molecule has 0 spiro atoms. The standard InChI is InChI=1S/C14H13F2NO3/c15-14(16)20-11-5-2-4-10(7-11)17-8-9-3-1-6-12(18)13(9)19/h1-7,14,17-19H,8H2. The van der Waals surface area contributed by atoms with Gasteiger partial charge in [0.2, 0.25) is 0 Å². The molecule has 0 bridgehead atoms. The summed E-state index contributed by atoms with van der Waals surface area (Å²) in [6.07, 6.45) is 0. The van der Waals surface area contributed by atoms with Crippen molar-refractivity contribution in [3.05, 3.63) is 48.0 Å². The molecule has 3 N–H and O–H groups in total. The number of hydrogen-bond donors (Lipinski definition) is 3. The number of nitrogens with one attached hydrogen (secondary N) is 1. The van der Waals surface area contributed by atoms with E-state index in [9.17, 15) is 19.0 Å². The highest BCUT2D eigenvalue weighted by Crippen LogP contribution is 2.29. The number of aromatic hydroxyl groups is 2. The van der Waals surface area contributed by atoms with Crippen LogP contribution in [-0.2, 0) is 6.54 Å². The summed E-state index contributed by atoms with van der Waals surface area (Å²) in [5.41, 5.74) is 1.05. The molecule has 0 amide bonds. The number of para-hydroxylation sites is 1. The van der Waals surface area contributed by atoms with Gasteiger partial charge in [-0.3, -0.25) is 0 Å². The quantitative estimate of drug-likeness (QED) is 0.736. The number of phenols is 2. The van der Waals surface area contributed by atoms with E-state index >= 15 is 0 Å². The fourth-order valence-electron chi connectivity index (χ4n) is 1.70. The Kier molecular flexibility index (Phi) is 4.24. The van der Waals surface area contributed by atoms with Crippen LogP contribution in [0.2, 0.25) is 0 Å². The first-order chi connectivity index (χ1) is 9.56. The first-order valence-electron chi connectivity index (χ1n) is 5.85. The molecule has 106 valence electrons. The Morgan fingerprint density at radius 3 is 2.60 bits per heavy atom. The molecule has 0 aliphatic heterocycles. The van der Waals surface area contributed by atoms with E-state index in [0.29, 0.717) is 11.3 Å². The van der Waals surface area contributed by atoms with Crippen LogP contribution in [0.15, 0.2) is 42.5 Å². The van der Waals surface area contributed by atoms with Crippen LogP contribution in [0.1, 0.15) is 5.56 Å². The van der Waals surface area contributed by atoms with Crippen molar-refractivity contribution in [3.63, 3.8) is 0 Å². The molecular formula is C14H13F2NO3. The highest BCUT2D eigenvalue weighted by Gasteiger charge is 2.07. The number of alkyl halides is 2. The number of hydrogen-bond acceptors (Lipinski definition) is 4. The molecule has 2 rings (SSSR count). The molecule has 0 aromatic heterocycles. The number of benzene rings is 2. The molecule has 0 heterocycles. The van der Waals surface area contributed by atoms with Crippen LogP contribution in [-0.4, -0.2) is 16.8 Å². The summed E-state index contributed by atoms with van der Waals surface area (Å²) >= 11 is 0. The van der Waals surface area contributed by atoms with Crippen LogP contribution in [0.25, 0.3) is 0 Å². The van der Waals surface area contributed by atoms with Crippen LogP contribution in [0, 0.1) is 0 Å². The number of rotatable bonds is 5. The number of ether oxygens (including phenoxy) is 1. The van der Waals surface area contributed by atoms with Crippen molar-refractivity contribution in [3.8, 4) is 17.2 Å². The second-order valence-electron chi connectivity index (χ2n) is 4.04. The minimum atomic E-state index is -2.87. The fraction of sp³-hybridized carbons (Fsp3) is 0.143. The summed E-state index contributed by atoms with van der Waals surface area (Å²) in [5, 5.41) is 21.9. The Bertz CT molecular complexity index is 590. The lowest BCUT2D eigenvalue weighted by Gasteiger charge is -2.10. The van der Waals surface area contributed by atoms with Crippen molar-refractivity contribution in [2.24, 2.45) is 0 Å². The minimum Gasteiger partial charge on any atom is -0.504 e. The normalized spacial score (nSPS) is 10.6. The number of halogens is 2. The van der Waals surface area contributed by atoms with Gasteiger partial charge >= 0.3 is 6.61 Å². The summed E-state index contributed by atoms with van der Waals surface area (Å²) in [6, 6.07) is 10.7. The van der Waals surface area contributed by atoms with Gasteiger partial charge in [0, 0.05) is 23.9 Å². The van der Waals surface area contributed by atoms with E-state index in [1.807, 2.05) is 0 Å². The highest BCUT2D eigenvalue weighted by molar-refractivity contribution is 5.51. The Labute approximate surface area is 114 Å². The lowest BCUT2D eigenvalue weighted by molar-refractivity contribution is -0.0498. The van der Waals surface area contributed by atoms with Gasteiger partial charge in [0.1, 0.15) is 5.75 Å². The van der Waals surface area contributed by atoms with Crippen LogP contribution in [0.4, 0.5) is 14.5 Å². The lowest BCUT2D eigenvalue weighted by atomic mass is 10.2. The van der Waals surface area contributed by atoms with E-state index in [1.165, 1.54) is 18.2 Å². The second kappa shape index (κ2) is 6.10. The Morgan fingerprint density at radius 1 is 1.10 bits per heavy atom. The molecule has 20 heavy (non-hydrogen) atoms. The molecule has 4 nitrogen and oxygen atoms in total. The van der Waals surface area contributed by atoms with E-state index in [1.54, 1.807) is 24.3 Å². The Balaban J connectivity index is 2.05. The van der Waals surface area contributed by atoms with Gasteiger partial charge < -0.3 is 20.3 Å². The molecule has 6 heteroatoms. The van der Waals surface area contributed by atoms with Crippen molar-refractivity contribution in [2.45, 2.75) is 13.2 Å². The summed E-state index contributed by atoms with van der Waals surface area (Å²) in [5.74, 6) is -0.371. The Hall–Kier alpha value is -2.50. The van der Waals surface area contributed by atoms with Crippen molar-refractivity contribution in [1.29, 1.82) is 0 Å². The lowest BCUT2D eigenvalue weighted by Crippen LogP contribution is -2.03. The van der Waals surface area contributed by atoms with Crippen molar-refractivity contribution in [2.75, 3.05) is 5.32 Å². The summed E-state index contributed by atoms with van der Waals surface area (Å²) in [4.78, 5) is 0. The first-order valence-corrected chi connectivity index (χ1v) is 5.85. The molecule has 0 saturated heterocycles. The van der Waals surface area contributed by atoms with Crippen LogP contribution >= 0.6 is 0 Å². The largest absolute Gasteiger partial charge is 0.504 e. The summed E-state index contributed by atoms with van der Waals surface area (Å²) in [7, 11) is 0. The van der Waals surface area contributed by atoms with Gasteiger partial charge in [-0.25, -0.2) is 0 Å². The van der Waals surface area contributed by atoms with Gasteiger partial charge in [-0.2, -0.15) is 8.78 Å². The fourth-order valence-corrected chi connectivity index (χ4v) is 1.70. The van der Waals surface area contributed by atoms with Gasteiger partial charge in [0.15, 0.2) is 11.5 Å². The van der Waals surface area contributed by atoms with Gasteiger partial charge in [0.05, 0.1) is 0 Å². The SMILES string of the molecule is Oc1cccc(CNc2cccc(OC(F)F)c2)c1O. The first kappa shape index (κ1) is 13.9. The minimum absolute atomic E-state index is 0.0464. The molecular weight excluding hydrogens is 268 g/mol. The van der Waals surface area contributed by atoms with E-state index in [4.69, 9.17) is 0 Å². The molecule has 0 saturated carbocycles. The second-order valence-corrected chi connectivity index (χ2v) is 4.04. The summed E-state index contributed by atoms with van der Waals surface area (Å²) in [6.45, 7) is -2.64. The van der Waals surface area contributed by atoms with E-state index < -0.39 is 6.61 Å². The predicted octanol–water partition coefficient (Wildman–Crippen LogP) is 3.31. The maximum Gasteiger partial charge on any atom is 0.387 e. The van der Waals surface area contributed by atoms with Crippen LogP contribution in [0.3, 0.4) is 0 Å². The smallest absolute Gasteiger partial charge is 0.387 e. The number of anilines is 1. The zero-order valence-electron chi connectivity index (χ0n) is 10.4. The molecule has 0 aliphatic rings. The van der Waals surface area contributed by atoms with Gasteiger partial charge in [0.25, 0.3) is 0 Å². The number of phenolic OH excluding ortho intramolecular Hbond substituents is 2. The van der Waals surface area contributed by atoms with Gasteiger partial charge in [-0.05, 0) is 18.2 Å². The molecule has 0 unspecified atom stereocenters. The van der Waals surface area contributed by atoms with Crippen molar-refractivity contribution >= 4 is 5.69 Å². The van der Waals surface area contributed by atoms with Crippen molar-refractivity contribution in [1.82, 2.24) is 0 Å². The van der Waals surface area contributed by atoms with E-state index in [-0.39, 0.29) is 23.8 Å². The zero-order chi connectivity index (χ0) is 14.5. The Morgan fingerprint density at radius 2 is 1.85 bits per heavy atom. The maximum atomic E-state index is 12.1. The van der Waals surface area contributed by atoms with E-state index in [0.717, 1.165) is 0 Å². The highest BCUT2D eigenvalue weighted by atomic mass is 19.3. The molecule has 0 atom stereocenters. The maximum absolute atomic E-state index is 12.1. The molecule has 0 aliphatic carbocycles. The van der Waals surface area contributed by atoms with Crippen LogP contribution < -0.4 is 10.1 Å². The van der Waals surface area contributed by atoms with Crippen molar-refractivity contribution < 1.29 is 23.7 Å². The third kappa shape index (κ3) is 3.50. The molecule has 2 aromatic rings. The van der Waals surface area contributed by atoms with Gasteiger partial charge in [-0.15, -0.1) is 0 Å². The van der Waals surface area contributed by atoms with E-state index in [2.05, 4.69) is 10.1 Å². The topological polar surface area (TPSA) is 61.7 Å².